The highest BCUT2D eigenvalue weighted by Crippen LogP contribution is 2.39. The summed E-state index contributed by atoms with van der Waals surface area (Å²) in [6.07, 6.45) is 0.396. The first-order valence-corrected chi connectivity index (χ1v) is 13.2. The Morgan fingerprint density at radius 3 is 2.83 bits per heavy atom. The predicted octanol–water partition coefficient (Wildman–Crippen LogP) is 5.56. The number of hydrogen-bond donors (Lipinski definition) is 3. The van der Waals surface area contributed by atoms with E-state index in [9.17, 15) is 14.3 Å². The van der Waals surface area contributed by atoms with Crippen molar-refractivity contribution in [2.75, 3.05) is 6.61 Å². The van der Waals surface area contributed by atoms with Gasteiger partial charge in [0, 0.05) is 30.0 Å². The lowest BCUT2D eigenvalue weighted by molar-refractivity contribution is -0.136. The number of nitrogens with one attached hydrogen (secondary N) is 1. The number of aromatic amines is 1. The summed E-state index contributed by atoms with van der Waals surface area (Å²) >= 11 is 0. The number of aromatic nitrogens is 4. The summed E-state index contributed by atoms with van der Waals surface area (Å²) in [5.74, 6) is -3.54. The Kier molecular flexibility index (Phi) is 7.07. The summed E-state index contributed by atoms with van der Waals surface area (Å²) in [6.45, 7) is 1.69. The number of aliphatic hydroxyl groups excluding tert-OH is 1. The number of fused-ring (bicyclic) bond motifs is 4. The standard InChI is InChI=1S/C30H25F3N4O5/c1-15(19-4-2-3-16(26(19)32)5-8-25(39)40)29-35-30-21-11-18(6-7-24(21)41-14-17(38)13-37(30)36-29)42-28-22(31)12-23-20(27(28)33)9-10-34-23/h2-4,6-7,9-12,15,17,34,38H,5,8,13-14H2,1H3,(H,39,40). The van der Waals surface area contributed by atoms with Gasteiger partial charge in [0.05, 0.1) is 17.6 Å². The van der Waals surface area contributed by atoms with Crippen LogP contribution in [-0.2, 0) is 17.8 Å². The Bertz CT molecular complexity index is 1820. The highest BCUT2D eigenvalue weighted by Gasteiger charge is 2.27. The fraction of sp³-hybridized carbons (Fsp3) is 0.233. The molecule has 0 fully saturated rings. The molecule has 3 aromatic carbocycles. The molecule has 2 atom stereocenters. The molecule has 0 saturated heterocycles. The van der Waals surface area contributed by atoms with Crippen LogP contribution < -0.4 is 9.47 Å². The number of aliphatic hydroxyl groups is 1. The molecule has 216 valence electrons. The Hall–Kier alpha value is -4.84. The molecule has 0 bridgehead atoms. The van der Waals surface area contributed by atoms with Crippen molar-refractivity contribution in [3.63, 3.8) is 0 Å². The van der Waals surface area contributed by atoms with Gasteiger partial charge in [-0.05, 0) is 41.8 Å². The first-order valence-electron chi connectivity index (χ1n) is 13.2. The highest BCUT2D eigenvalue weighted by molar-refractivity contribution is 5.82. The molecular formula is C30H25F3N4O5. The van der Waals surface area contributed by atoms with E-state index in [-0.39, 0.29) is 59.9 Å². The van der Waals surface area contributed by atoms with Crippen molar-refractivity contribution in [1.29, 1.82) is 0 Å². The van der Waals surface area contributed by atoms with Gasteiger partial charge in [-0.3, -0.25) is 4.79 Å². The van der Waals surface area contributed by atoms with Gasteiger partial charge in [-0.1, -0.05) is 25.1 Å². The molecule has 9 nitrogen and oxygen atoms in total. The number of rotatable bonds is 7. The summed E-state index contributed by atoms with van der Waals surface area (Å²) < 4.78 is 58.1. The normalized spacial score (nSPS) is 15.3. The lowest BCUT2D eigenvalue weighted by Crippen LogP contribution is -2.26. The van der Waals surface area contributed by atoms with E-state index in [0.29, 0.717) is 16.8 Å². The third-order valence-electron chi connectivity index (χ3n) is 7.19. The molecule has 1 aliphatic heterocycles. The number of halogens is 3. The van der Waals surface area contributed by atoms with Gasteiger partial charge in [0.1, 0.15) is 30.0 Å². The Morgan fingerprint density at radius 1 is 1.19 bits per heavy atom. The van der Waals surface area contributed by atoms with E-state index in [4.69, 9.17) is 14.6 Å². The van der Waals surface area contributed by atoms with Crippen molar-refractivity contribution < 1.29 is 37.7 Å². The quantitative estimate of drug-likeness (QED) is 0.231. The number of carboxylic acids is 1. The van der Waals surface area contributed by atoms with E-state index in [2.05, 4.69) is 15.1 Å². The van der Waals surface area contributed by atoms with Crippen LogP contribution in [0.25, 0.3) is 22.3 Å². The first kappa shape index (κ1) is 27.3. The molecule has 42 heavy (non-hydrogen) atoms. The molecule has 6 rings (SSSR count). The summed E-state index contributed by atoms with van der Waals surface area (Å²) in [4.78, 5) is 18.4. The molecule has 2 unspecified atom stereocenters. The average Bonchev–Trinajstić information content (AvgIpc) is 3.60. The monoisotopic (exact) mass is 578 g/mol. The number of hydrogen-bond acceptors (Lipinski definition) is 6. The molecule has 2 aromatic heterocycles. The molecular weight excluding hydrogens is 553 g/mol. The van der Waals surface area contributed by atoms with Crippen molar-refractivity contribution in [2.24, 2.45) is 0 Å². The van der Waals surface area contributed by atoms with Crippen LogP contribution in [0.2, 0.25) is 0 Å². The van der Waals surface area contributed by atoms with Crippen LogP contribution in [-0.4, -0.2) is 48.6 Å². The van der Waals surface area contributed by atoms with E-state index in [1.807, 2.05) is 0 Å². The zero-order valence-corrected chi connectivity index (χ0v) is 22.3. The number of H-pyrrole nitrogens is 1. The maximum absolute atomic E-state index is 15.4. The van der Waals surface area contributed by atoms with Crippen LogP contribution in [0.4, 0.5) is 13.2 Å². The number of aryl methyl sites for hydroxylation is 1. The van der Waals surface area contributed by atoms with Crippen LogP contribution in [0, 0.1) is 17.5 Å². The summed E-state index contributed by atoms with van der Waals surface area (Å²) in [6, 6.07) is 11.9. The lowest BCUT2D eigenvalue weighted by Gasteiger charge is -2.20. The fourth-order valence-corrected chi connectivity index (χ4v) is 5.01. The van der Waals surface area contributed by atoms with Gasteiger partial charge in [-0.2, -0.15) is 5.10 Å². The van der Waals surface area contributed by atoms with Gasteiger partial charge in [-0.25, -0.2) is 22.8 Å². The number of benzene rings is 3. The van der Waals surface area contributed by atoms with E-state index in [1.165, 1.54) is 29.1 Å². The molecule has 3 N–H and O–H groups in total. The largest absolute Gasteiger partial charge is 0.490 e. The Balaban J connectivity index is 1.38. The zero-order valence-electron chi connectivity index (χ0n) is 22.3. The molecule has 3 heterocycles. The predicted molar refractivity (Wildman–Crippen MR) is 145 cm³/mol. The number of carboxylic acid groups (broad SMARTS) is 1. The van der Waals surface area contributed by atoms with Gasteiger partial charge in [0.2, 0.25) is 0 Å². The van der Waals surface area contributed by atoms with Crippen LogP contribution in [0.1, 0.15) is 36.2 Å². The summed E-state index contributed by atoms with van der Waals surface area (Å²) in [5, 5.41) is 24.2. The summed E-state index contributed by atoms with van der Waals surface area (Å²) in [5.41, 5.74) is 1.25. The zero-order chi connectivity index (χ0) is 29.5. The number of nitrogens with zero attached hydrogens (tertiary/aromatic N) is 3. The average molecular weight is 579 g/mol. The van der Waals surface area contributed by atoms with Gasteiger partial charge in [-0.15, -0.1) is 0 Å². The van der Waals surface area contributed by atoms with Crippen LogP contribution >= 0.6 is 0 Å². The first-order chi connectivity index (χ1) is 20.2. The van der Waals surface area contributed by atoms with Crippen molar-refractivity contribution in [3.8, 4) is 28.6 Å². The van der Waals surface area contributed by atoms with Crippen LogP contribution in [0.3, 0.4) is 0 Å². The molecule has 0 amide bonds. The van der Waals surface area contributed by atoms with Gasteiger partial charge < -0.3 is 24.7 Å². The minimum absolute atomic E-state index is 0.0219. The van der Waals surface area contributed by atoms with Crippen molar-refractivity contribution in [1.82, 2.24) is 19.7 Å². The topological polar surface area (TPSA) is 122 Å². The van der Waals surface area contributed by atoms with Crippen LogP contribution in [0.15, 0.2) is 54.7 Å². The van der Waals surface area contributed by atoms with Crippen molar-refractivity contribution in [3.05, 3.63) is 89.1 Å². The van der Waals surface area contributed by atoms with Gasteiger partial charge in [0.15, 0.2) is 29.0 Å². The second-order valence-electron chi connectivity index (χ2n) is 10.1. The molecule has 0 radical (unpaired) electrons. The molecule has 0 spiro atoms. The lowest BCUT2D eigenvalue weighted by atomic mass is 9.96. The van der Waals surface area contributed by atoms with Crippen LogP contribution in [0.5, 0.6) is 17.2 Å². The SMILES string of the molecule is CC(c1nc2n(n1)CC(O)COc1ccc(Oc3c(F)cc4[nH]ccc4c3F)cc1-2)c1cccc(CCC(=O)O)c1F. The second kappa shape index (κ2) is 10.9. The number of ether oxygens (including phenoxy) is 2. The maximum atomic E-state index is 15.4. The van der Waals surface area contributed by atoms with E-state index >= 15 is 8.78 Å². The second-order valence-corrected chi connectivity index (χ2v) is 10.1. The maximum Gasteiger partial charge on any atom is 0.303 e. The fourth-order valence-electron chi connectivity index (χ4n) is 5.01. The minimum Gasteiger partial charge on any atom is -0.490 e. The minimum atomic E-state index is -1.03. The third-order valence-corrected chi connectivity index (χ3v) is 7.19. The number of aliphatic carboxylic acids is 1. The molecule has 12 heteroatoms. The molecule has 0 saturated carbocycles. The third kappa shape index (κ3) is 5.05. The van der Waals surface area contributed by atoms with Gasteiger partial charge >= 0.3 is 5.97 Å². The smallest absolute Gasteiger partial charge is 0.303 e. The summed E-state index contributed by atoms with van der Waals surface area (Å²) in [7, 11) is 0. The number of carbonyl (C=O) groups is 1. The molecule has 5 aromatic rings. The molecule has 1 aliphatic rings. The van der Waals surface area contributed by atoms with E-state index < -0.39 is 41.2 Å². The highest BCUT2D eigenvalue weighted by atomic mass is 19.1. The van der Waals surface area contributed by atoms with E-state index in [1.54, 1.807) is 31.2 Å². The van der Waals surface area contributed by atoms with Crippen molar-refractivity contribution in [2.45, 2.75) is 38.3 Å². The molecule has 0 aliphatic carbocycles. The Labute approximate surface area is 237 Å². The van der Waals surface area contributed by atoms with Gasteiger partial charge in [0.25, 0.3) is 0 Å². The van der Waals surface area contributed by atoms with E-state index in [0.717, 1.165) is 6.07 Å². The Morgan fingerprint density at radius 2 is 2.02 bits per heavy atom. The van der Waals surface area contributed by atoms with Crippen molar-refractivity contribution >= 4 is 16.9 Å².